The van der Waals surface area contributed by atoms with E-state index < -0.39 is 5.56 Å². The minimum atomic E-state index is -0.473. The predicted octanol–water partition coefficient (Wildman–Crippen LogP) is 2.54. The highest BCUT2D eigenvalue weighted by Gasteiger charge is 2.25. The normalized spacial score (nSPS) is 15.9. The number of hydrogen-bond acceptors (Lipinski definition) is 7. The number of carbonyl (C=O) groups excluding carboxylic acids is 1. The second-order valence-corrected chi connectivity index (χ2v) is 8.69. The summed E-state index contributed by atoms with van der Waals surface area (Å²) in [7, 11) is 1.62. The lowest BCUT2D eigenvalue weighted by molar-refractivity contribution is 0.0381. The smallest absolute Gasteiger partial charge is 0.265 e. The van der Waals surface area contributed by atoms with Gasteiger partial charge in [0.25, 0.3) is 5.56 Å². The van der Waals surface area contributed by atoms with Crippen molar-refractivity contribution < 1.29 is 14.6 Å². The van der Waals surface area contributed by atoms with Gasteiger partial charge >= 0.3 is 0 Å². The molecule has 1 atom stereocenters. The summed E-state index contributed by atoms with van der Waals surface area (Å²) in [5.74, 6) is -0.594. The second-order valence-electron chi connectivity index (χ2n) is 7.71. The molecule has 3 heterocycles. The summed E-state index contributed by atoms with van der Waals surface area (Å²) >= 11 is 1.57. The van der Waals surface area contributed by atoms with E-state index in [-0.39, 0.29) is 29.6 Å². The standard InChI is InChI=1S/C23H27N3O4S/c1-25-18-6-3-2-5-16(18)22(28)21(23(25)29)19(27)15-17(20-7-4-14-31-20)24-8-9-26-10-12-30-13-11-26/h2-7,14,17,24,28H,8-13,15H2,1H3/t17-/m1/s1. The number of aromatic nitrogens is 1. The van der Waals surface area contributed by atoms with Crippen LogP contribution in [-0.2, 0) is 11.8 Å². The molecule has 0 bridgehead atoms. The van der Waals surface area contributed by atoms with E-state index in [2.05, 4.69) is 10.2 Å². The lowest BCUT2D eigenvalue weighted by Gasteiger charge is -2.27. The van der Waals surface area contributed by atoms with Crippen molar-refractivity contribution in [2.75, 3.05) is 39.4 Å². The molecule has 4 rings (SSSR count). The van der Waals surface area contributed by atoms with Crippen LogP contribution in [0.4, 0.5) is 0 Å². The Balaban J connectivity index is 1.54. The van der Waals surface area contributed by atoms with Crippen molar-refractivity contribution in [1.29, 1.82) is 0 Å². The summed E-state index contributed by atoms with van der Waals surface area (Å²) in [6.07, 6.45) is 0.102. The third-order valence-electron chi connectivity index (χ3n) is 5.75. The third-order valence-corrected chi connectivity index (χ3v) is 6.74. The highest BCUT2D eigenvalue weighted by Crippen LogP contribution is 2.29. The number of para-hydroxylation sites is 1. The highest BCUT2D eigenvalue weighted by molar-refractivity contribution is 7.10. The summed E-state index contributed by atoms with van der Waals surface area (Å²) in [6, 6.07) is 10.8. The van der Waals surface area contributed by atoms with E-state index in [0.717, 1.165) is 44.3 Å². The van der Waals surface area contributed by atoms with Gasteiger partial charge in [0.2, 0.25) is 0 Å². The number of fused-ring (bicyclic) bond motifs is 1. The van der Waals surface area contributed by atoms with Crippen LogP contribution in [0.25, 0.3) is 10.9 Å². The van der Waals surface area contributed by atoms with E-state index in [1.165, 1.54) is 4.57 Å². The SMILES string of the molecule is Cn1c(=O)c(C(=O)C[C@@H](NCCN2CCOCC2)c2cccs2)c(O)c2ccccc21. The van der Waals surface area contributed by atoms with Crippen molar-refractivity contribution in [3.05, 3.63) is 62.6 Å². The minimum Gasteiger partial charge on any atom is -0.506 e. The van der Waals surface area contributed by atoms with Gasteiger partial charge in [0.15, 0.2) is 5.78 Å². The molecule has 2 N–H and O–H groups in total. The Kier molecular flexibility index (Phi) is 6.82. The Hall–Kier alpha value is -2.52. The molecule has 2 aromatic heterocycles. The summed E-state index contributed by atoms with van der Waals surface area (Å²) in [6.45, 7) is 4.89. The topological polar surface area (TPSA) is 83.8 Å². The van der Waals surface area contributed by atoms with Crippen LogP contribution in [0.5, 0.6) is 5.75 Å². The molecule has 31 heavy (non-hydrogen) atoms. The minimum absolute atomic E-state index is 0.102. The number of rotatable bonds is 8. The molecule has 1 saturated heterocycles. The first-order valence-electron chi connectivity index (χ1n) is 10.5. The van der Waals surface area contributed by atoms with Crippen LogP contribution in [0.2, 0.25) is 0 Å². The number of ether oxygens (including phenoxy) is 1. The van der Waals surface area contributed by atoms with Crippen LogP contribution in [0, 0.1) is 0 Å². The first-order valence-corrected chi connectivity index (χ1v) is 11.3. The van der Waals surface area contributed by atoms with Gasteiger partial charge in [0, 0.05) is 56.0 Å². The van der Waals surface area contributed by atoms with Crippen LogP contribution < -0.4 is 10.9 Å². The van der Waals surface area contributed by atoms with Gasteiger partial charge < -0.3 is 19.7 Å². The quantitative estimate of drug-likeness (QED) is 0.523. The van der Waals surface area contributed by atoms with Gasteiger partial charge in [-0.05, 0) is 23.6 Å². The number of Topliss-reactive ketones (excluding diaryl/α,β-unsaturated/α-hetero) is 1. The molecule has 7 nitrogen and oxygen atoms in total. The van der Waals surface area contributed by atoms with Crippen molar-refractivity contribution in [1.82, 2.24) is 14.8 Å². The highest BCUT2D eigenvalue weighted by atomic mass is 32.1. The lowest BCUT2D eigenvalue weighted by atomic mass is 10.0. The molecule has 0 spiro atoms. The fraction of sp³-hybridized carbons (Fsp3) is 0.391. The van der Waals surface area contributed by atoms with Crippen molar-refractivity contribution >= 4 is 28.0 Å². The number of carbonyl (C=O) groups is 1. The maximum Gasteiger partial charge on any atom is 0.265 e. The van der Waals surface area contributed by atoms with E-state index >= 15 is 0 Å². The van der Waals surface area contributed by atoms with Crippen LogP contribution in [0.1, 0.15) is 27.7 Å². The molecule has 0 radical (unpaired) electrons. The molecule has 1 aromatic carbocycles. The number of ketones is 1. The summed E-state index contributed by atoms with van der Waals surface area (Å²) in [5, 5.41) is 16.7. The monoisotopic (exact) mass is 441 g/mol. The number of aryl methyl sites for hydroxylation is 1. The average molecular weight is 442 g/mol. The first-order chi connectivity index (χ1) is 15.1. The van der Waals surface area contributed by atoms with E-state index in [0.29, 0.717) is 10.9 Å². The molecule has 8 heteroatoms. The summed E-state index contributed by atoms with van der Waals surface area (Å²) < 4.78 is 6.81. The van der Waals surface area contributed by atoms with Gasteiger partial charge in [0.1, 0.15) is 11.3 Å². The molecule has 0 saturated carbocycles. The lowest BCUT2D eigenvalue weighted by Crippen LogP contribution is -2.41. The Morgan fingerprint density at radius 2 is 2.00 bits per heavy atom. The number of nitrogens with one attached hydrogen (secondary N) is 1. The average Bonchev–Trinajstić information content (AvgIpc) is 3.33. The van der Waals surface area contributed by atoms with Crippen molar-refractivity contribution in [2.24, 2.45) is 7.05 Å². The van der Waals surface area contributed by atoms with Gasteiger partial charge in [-0.25, -0.2) is 0 Å². The largest absolute Gasteiger partial charge is 0.506 e. The molecule has 1 aliphatic heterocycles. The zero-order valence-corrected chi connectivity index (χ0v) is 18.4. The van der Waals surface area contributed by atoms with Crippen LogP contribution in [0.3, 0.4) is 0 Å². The third kappa shape index (κ3) is 4.72. The number of thiophene rings is 1. The van der Waals surface area contributed by atoms with Gasteiger partial charge in [-0.15, -0.1) is 11.3 Å². The molecule has 0 unspecified atom stereocenters. The maximum atomic E-state index is 13.2. The molecular weight excluding hydrogens is 414 g/mol. The molecule has 3 aromatic rings. The van der Waals surface area contributed by atoms with Crippen molar-refractivity contribution in [3.8, 4) is 5.75 Å². The zero-order valence-electron chi connectivity index (χ0n) is 17.5. The number of aromatic hydroxyl groups is 1. The van der Waals surface area contributed by atoms with Crippen molar-refractivity contribution in [2.45, 2.75) is 12.5 Å². The fourth-order valence-electron chi connectivity index (χ4n) is 4.00. The number of nitrogens with zero attached hydrogens (tertiary/aromatic N) is 2. The molecular formula is C23H27N3O4S. The van der Waals surface area contributed by atoms with E-state index in [9.17, 15) is 14.7 Å². The zero-order chi connectivity index (χ0) is 21.8. The Bertz CT molecular complexity index is 1100. The van der Waals surface area contributed by atoms with Gasteiger partial charge in [-0.1, -0.05) is 18.2 Å². The van der Waals surface area contributed by atoms with Gasteiger partial charge in [-0.3, -0.25) is 14.5 Å². The van der Waals surface area contributed by atoms with Crippen LogP contribution in [-0.4, -0.2) is 59.7 Å². The number of morpholine rings is 1. The fourth-order valence-corrected chi connectivity index (χ4v) is 4.81. The van der Waals surface area contributed by atoms with Gasteiger partial charge in [-0.2, -0.15) is 0 Å². The molecule has 1 aliphatic rings. The second kappa shape index (κ2) is 9.74. The Morgan fingerprint density at radius 1 is 1.23 bits per heavy atom. The Labute approximate surface area is 184 Å². The van der Waals surface area contributed by atoms with E-state index in [1.54, 1.807) is 42.6 Å². The van der Waals surface area contributed by atoms with Crippen molar-refractivity contribution in [3.63, 3.8) is 0 Å². The maximum absolute atomic E-state index is 13.2. The molecule has 1 fully saturated rings. The van der Waals surface area contributed by atoms with E-state index in [4.69, 9.17) is 4.74 Å². The molecule has 0 amide bonds. The van der Waals surface area contributed by atoms with Gasteiger partial charge in [0.05, 0.1) is 18.7 Å². The Morgan fingerprint density at radius 3 is 2.74 bits per heavy atom. The number of pyridine rings is 1. The van der Waals surface area contributed by atoms with Crippen LogP contribution in [0.15, 0.2) is 46.6 Å². The number of hydrogen-bond donors (Lipinski definition) is 2. The molecule has 0 aliphatic carbocycles. The summed E-state index contributed by atoms with van der Waals surface area (Å²) in [4.78, 5) is 29.5. The first kappa shape index (κ1) is 21.7. The summed E-state index contributed by atoms with van der Waals surface area (Å²) in [5.41, 5.74) is -0.0165. The predicted molar refractivity (Wildman–Crippen MR) is 122 cm³/mol. The molecule has 164 valence electrons. The van der Waals surface area contributed by atoms with Crippen LogP contribution >= 0.6 is 11.3 Å². The number of benzene rings is 1. The van der Waals surface area contributed by atoms with E-state index in [1.807, 2.05) is 17.5 Å².